The SMILES string of the molecule is C=C(C)c1ccc(OC)cc1.C=C(CC(C)CC)C1=C(C)C(C2CCCCC2)C(/C(C)=C/C)=C1. The summed E-state index contributed by atoms with van der Waals surface area (Å²) in [5, 5.41) is 0. The Bertz CT molecular complexity index is 916. The van der Waals surface area contributed by atoms with Gasteiger partial charge in [-0.25, -0.2) is 0 Å². The van der Waals surface area contributed by atoms with Crippen LogP contribution in [0.25, 0.3) is 5.57 Å². The van der Waals surface area contributed by atoms with Crippen LogP contribution in [0.2, 0.25) is 0 Å². The summed E-state index contributed by atoms with van der Waals surface area (Å²) in [6, 6.07) is 7.87. The molecule has 0 bridgehead atoms. The Kier molecular flexibility index (Phi) is 11.2. The molecule has 3 rings (SSSR count). The molecule has 1 aromatic rings. The van der Waals surface area contributed by atoms with Crippen LogP contribution in [0, 0.1) is 17.8 Å². The van der Waals surface area contributed by atoms with E-state index in [4.69, 9.17) is 4.74 Å². The quantitative estimate of drug-likeness (QED) is 0.375. The third-order valence-corrected chi connectivity index (χ3v) is 7.79. The molecule has 1 saturated carbocycles. The first-order valence-corrected chi connectivity index (χ1v) is 13.3. The maximum absolute atomic E-state index is 5.02. The average Bonchev–Trinajstić information content (AvgIpc) is 3.21. The molecule has 0 aromatic heterocycles. The Morgan fingerprint density at radius 3 is 2.21 bits per heavy atom. The van der Waals surface area contributed by atoms with Gasteiger partial charge in [-0.05, 0) is 93.2 Å². The summed E-state index contributed by atoms with van der Waals surface area (Å²) in [5.41, 5.74) is 9.71. The topological polar surface area (TPSA) is 9.23 Å². The molecule has 2 aliphatic rings. The maximum Gasteiger partial charge on any atom is 0.118 e. The molecule has 0 saturated heterocycles. The first-order valence-electron chi connectivity index (χ1n) is 13.3. The number of ether oxygens (including phenoxy) is 1. The van der Waals surface area contributed by atoms with E-state index in [1.165, 1.54) is 55.2 Å². The Balaban J connectivity index is 0.000000310. The fraction of sp³-hybridized carbons (Fsp3) is 0.515. The molecule has 1 heteroatoms. The van der Waals surface area contributed by atoms with Crippen LogP contribution in [0.4, 0.5) is 0 Å². The van der Waals surface area contributed by atoms with Crippen molar-refractivity contribution in [2.75, 3.05) is 7.11 Å². The van der Waals surface area contributed by atoms with E-state index in [1.54, 1.807) is 18.3 Å². The lowest BCUT2D eigenvalue weighted by Gasteiger charge is -2.31. The van der Waals surface area contributed by atoms with Gasteiger partial charge in [0.15, 0.2) is 0 Å². The summed E-state index contributed by atoms with van der Waals surface area (Å²) in [6.07, 6.45) is 14.2. The Morgan fingerprint density at radius 2 is 1.71 bits per heavy atom. The van der Waals surface area contributed by atoms with Gasteiger partial charge in [0, 0.05) is 5.92 Å². The second-order valence-electron chi connectivity index (χ2n) is 10.4. The van der Waals surface area contributed by atoms with Gasteiger partial charge < -0.3 is 4.74 Å². The molecule has 2 unspecified atom stereocenters. The van der Waals surface area contributed by atoms with Crippen LogP contribution in [0.1, 0.15) is 92.1 Å². The molecule has 0 aliphatic heterocycles. The van der Waals surface area contributed by atoms with Gasteiger partial charge in [0.1, 0.15) is 5.75 Å². The van der Waals surface area contributed by atoms with Gasteiger partial charge in [-0.15, -0.1) is 0 Å². The minimum atomic E-state index is 0.648. The second kappa shape index (κ2) is 13.6. The fourth-order valence-electron chi connectivity index (χ4n) is 5.29. The van der Waals surface area contributed by atoms with Crippen LogP contribution >= 0.6 is 0 Å². The molecule has 34 heavy (non-hydrogen) atoms. The standard InChI is InChI=1S/C23H36.C10H12O/c1-7-16(3)14-18(5)21-15-22(17(4)8-2)23(19(21)6)20-12-10-9-11-13-20;1-8(2)9-4-6-10(11-3)7-5-9/h8,15-16,20,23H,5,7,9-14H2,1-4,6H3;4-7H,1H2,2-3H3/b17-8+;. The highest BCUT2D eigenvalue weighted by Gasteiger charge is 2.33. The lowest BCUT2D eigenvalue weighted by Crippen LogP contribution is -2.20. The van der Waals surface area contributed by atoms with Crippen molar-refractivity contribution in [3.63, 3.8) is 0 Å². The Hall–Kier alpha value is -2.28. The van der Waals surface area contributed by atoms with Crippen molar-refractivity contribution < 1.29 is 4.74 Å². The van der Waals surface area contributed by atoms with Crippen molar-refractivity contribution in [1.29, 1.82) is 0 Å². The molecule has 0 N–H and O–H groups in total. The summed E-state index contributed by atoms with van der Waals surface area (Å²) < 4.78 is 5.02. The molecule has 0 radical (unpaired) electrons. The molecule has 2 aliphatic carbocycles. The monoisotopic (exact) mass is 460 g/mol. The zero-order valence-corrected chi connectivity index (χ0v) is 23.0. The third kappa shape index (κ3) is 7.36. The second-order valence-corrected chi connectivity index (χ2v) is 10.4. The summed E-state index contributed by atoms with van der Waals surface area (Å²) in [5.74, 6) is 3.11. The highest BCUT2D eigenvalue weighted by molar-refractivity contribution is 5.61. The van der Waals surface area contributed by atoms with E-state index < -0.39 is 0 Å². The molecule has 0 spiro atoms. The molecule has 1 nitrogen and oxygen atoms in total. The minimum Gasteiger partial charge on any atom is -0.497 e. The van der Waals surface area contributed by atoms with Crippen LogP contribution in [0.3, 0.4) is 0 Å². The first kappa shape index (κ1) is 28.0. The van der Waals surface area contributed by atoms with Crippen molar-refractivity contribution in [2.24, 2.45) is 17.8 Å². The van der Waals surface area contributed by atoms with Crippen molar-refractivity contribution in [2.45, 2.75) is 86.5 Å². The first-order chi connectivity index (χ1) is 16.2. The van der Waals surface area contributed by atoms with Crippen LogP contribution in [-0.2, 0) is 0 Å². The molecule has 186 valence electrons. The van der Waals surface area contributed by atoms with Crippen molar-refractivity contribution in [3.05, 3.63) is 83.0 Å². The summed E-state index contributed by atoms with van der Waals surface area (Å²) in [4.78, 5) is 0. The molecule has 1 aromatic carbocycles. The molecule has 0 heterocycles. The van der Waals surface area contributed by atoms with Gasteiger partial charge in [0.05, 0.1) is 7.11 Å². The number of rotatable bonds is 8. The molecule has 0 amide bonds. The number of benzene rings is 1. The van der Waals surface area contributed by atoms with Crippen LogP contribution < -0.4 is 4.74 Å². The van der Waals surface area contributed by atoms with Gasteiger partial charge in [0.25, 0.3) is 0 Å². The van der Waals surface area contributed by atoms with Crippen molar-refractivity contribution >= 4 is 5.57 Å². The molecular formula is C33H48O. The van der Waals surface area contributed by atoms with Gasteiger partial charge in [-0.1, -0.05) is 93.7 Å². The third-order valence-electron chi connectivity index (χ3n) is 7.79. The largest absolute Gasteiger partial charge is 0.497 e. The molecule has 2 atom stereocenters. The van der Waals surface area contributed by atoms with Crippen molar-refractivity contribution in [3.8, 4) is 5.75 Å². The van der Waals surface area contributed by atoms with Crippen LogP contribution in [0.15, 0.2) is 77.4 Å². The predicted octanol–water partition coefficient (Wildman–Crippen LogP) is 10.1. The van der Waals surface area contributed by atoms with E-state index in [0.29, 0.717) is 5.92 Å². The number of allylic oxidation sites excluding steroid dienone is 8. The van der Waals surface area contributed by atoms with E-state index in [2.05, 4.69) is 59.9 Å². The Morgan fingerprint density at radius 1 is 1.09 bits per heavy atom. The lowest BCUT2D eigenvalue weighted by molar-refractivity contribution is 0.305. The normalized spacial score (nSPS) is 19.8. The van der Waals surface area contributed by atoms with Gasteiger partial charge >= 0.3 is 0 Å². The Labute approximate surface area is 210 Å². The zero-order chi connectivity index (χ0) is 25.3. The van der Waals surface area contributed by atoms with Crippen molar-refractivity contribution in [1.82, 2.24) is 0 Å². The van der Waals surface area contributed by atoms with E-state index in [0.717, 1.165) is 35.1 Å². The number of hydrogen-bond donors (Lipinski definition) is 0. The fourth-order valence-corrected chi connectivity index (χ4v) is 5.29. The van der Waals surface area contributed by atoms with Gasteiger partial charge in [0.2, 0.25) is 0 Å². The summed E-state index contributed by atoms with van der Waals surface area (Å²) >= 11 is 0. The van der Waals surface area contributed by atoms with E-state index in [1.807, 2.05) is 31.2 Å². The maximum atomic E-state index is 5.02. The number of methoxy groups -OCH3 is 1. The predicted molar refractivity (Wildman–Crippen MR) is 151 cm³/mol. The smallest absolute Gasteiger partial charge is 0.118 e. The van der Waals surface area contributed by atoms with Gasteiger partial charge in [-0.2, -0.15) is 0 Å². The molecular weight excluding hydrogens is 412 g/mol. The zero-order valence-electron chi connectivity index (χ0n) is 23.0. The summed E-state index contributed by atoms with van der Waals surface area (Å²) in [6.45, 7) is 21.7. The van der Waals surface area contributed by atoms with E-state index in [9.17, 15) is 0 Å². The molecule has 1 fully saturated rings. The average molecular weight is 461 g/mol. The lowest BCUT2D eigenvalue weighted by atomic mass is 9.73. The highest BCUT2D eigenvalue weighted by atomic mass is 16.5. The number of hydrogen-bond acceptors (Lipinski definition) is 1. The van der Waals surface area contributed by atoms with E-state index >= 15 is 0 Å². The van der Waals surface area contributed by atoms with Crippen LogP contribution in [0.5, 0.6) is 5.75 Å². The minimum absolute atomic E-state index is 0.648. The van der Waals surface area contributed by atoms with Crippen LogP contribution in [-0.4, -0.2) is 7.11 Å². The van der Waals surface area contributed by atoms with Gasteiger partial charge in [-0.3, -0.25) is 0 Å². The highest BCUT2D eigenvalue weighted by Crippen LogP contribution is 2.47. The summed E-state index contributed by atoms with van der Waals surface area (Å²) in [7, 11) is 1.66. The van der Waals surface area contributed by atoms with E-state index in [-0.39, 0.29) is 0 Å².